The van der Waals surface area contributed by atoms with Crippen LogP contribution in [0.25, 0.3) is 0 Å². The van der Waals surface area contributed by atoms with E-state index in [1.807, 2.05) is 13.0 Å². The minimum absolute atomic E-state index is 0.113. The second-order valence-electron chi connectivity index (χ2n) is 3.74. The highest BCUT2D eigenvalue weighted by atomic mass is 35.5. The Morgan fingerprint density at radius 2 is 2.16 bits per heavy atom. The second-order valence-corrected chi connectivity index (χ2v) is 4.17. The molecule has 1 aromatic carbocycles. The van der Waals surface area contributed by atoms with Crippen LogP contribution in [-0.4, -0.2) is 21.0 Å². The van der Waals surface area contributed by atoms with Gasteiger partial charge in [-0.05, 0) is 24.6 Å². The van der Waals surface area contributed by atoms with Crippen LogP contribution in [0.1, 0.15) is 11.3 Å². The molecular weight excluding hydrogens is 268 g/mol. The summed E-state index contributed by atoms with van der Waals surface area (Å²) in [5, 5.41) is 11.9. The van der Waals surface area contributed by atoms with Gasteiger partial charge in [0, 0.05) is 5.02 Å². The van der Waals surface area contributed by atoms with Crippen molar-refractivity contribution < 1.29 is 9.94 Å². The third kappa shape index (κ3) is 3.11. The third-order valence-electron chi connectivity index (χ3n) is 2.36. The van der Waals surface area contributed by atoms with Crippen molar-refractivity contribution in [3.63, 3.8) is 0 Å². The lowest BCUT2D eigenvalue weighted by Crippen LogP contribution is -2.15. The number of benzene rings is 1. The molecule has 0 radical (unpaired) electrons. The molecule has 0 saturated heterocycles. The quantitative estimate of drug-likeness (QED) is 0.389. The van der Waals surface area contributed by atoms with Gasteiger partial charge in [0.2, 0.25) is 5.88 Å². The maximum absolute atomic E-state index is 8.51. The van der Waals surface area contributed by atoms with Crippen molar-refractivity contribution >= 4 is 17.4 Å². The van der Waals surface area contributed by atoms with Gasteiger partial charge in [-0.3, -0.25) is 0 Å². The van der Waals surface area contributed by atoms with E-state index in [1.54, 1.807) is 12.1 Å². The predicted molar refractivity (Wildman–Crippen MR) is 70.8 cm³/mol. The molecule has 0 amide bonds. The van der Waals surface area contributed by atoms with E-state index in [0.717, 1.165) is 5.56 Å². The Morgan fingerprint density at radius 3 is 2.79 bits per heavy atom. The molecule has 6 nitrogen and oxygen atoms in total. The van der Waals surface area contributed by atoms with Crippen molar-refractivity contribution in [2.45, 2.75) is 6.92 Å². The number of amidine groups is 1. The predicted octanol–water partition coefficient (Wildman–Crippen LogP) is 2.33. The first-order valence-corrected chi connectivity index (χ1v) is 5.72. The summed E-state index contributed by atoms with van der Waals surface area (Å²) in [7, 11) is 0. The van der Waals surface area contributed by atoms with Gasteiger partial charge in [-0.15, -0.1) is 0 Å². The van der Waals surface area contributed by atoms with Crippen LogP contribution in [0.5, 0.6) is 11.6 Å². The van der Waals surface area contributed by atoms with Crippen molar-refractivity contribution in [2.75, 3.05) is 0 Å². The van der Waals surface area contributed by atoms with Gasteiger partial charge in [0.25, 0.3) is 0 Å². The summed E-state index contributed by atoms with van der Waals surface area (Å²) >= 11 is 5.89. The number of rotatable bonds is 3. The molecule has 0 fully saturated rings. The number of aromatic nitrogens is 2. The molecule has 0 unspecified atom stereocenters. The Balaban J connectivity index is 2.22. The topological polar surface area (TPSA) is 93.6 Å². The van der Waals surface area contributed by atoms with E-state index < -0.39 is 0 Å². The molecular formula is C12H11ClN4O2. The fourth-order valence-electron chi connectivity index (χ4n) is 1.35. The van der Waals surface area contributed by atoms with Crippen molar-refractivity contribution in [2.24, 2.45) is 10.9 Å². The SMILES string of the molecule is Cc1ccc(Cl)cc1Oc1cnc(C(N)=NO)cn1. The van der Waals surface area contributed by atoms with Crippen LogP contribution in [0.4, 0.5) is 0 Å². The maximum atomic E-state index is 8.51. The molecule has 0 aliphatic carbocycles. The Labute approximate surface area is 114 Å². The summed E-state index contributed by atoms with van der Waals surface area (Å²) in [6.07, 6.45) is 2.73. The first-order chi connectivity index (χ1) is 9.10. The van der Waals surface area contributed by atoms with Gasteiger partial charge in [0.1, 0.15) is 11.4 Å². The highest BCUT2D eigenvalue weighted by Crippen LogP contribution is 2.26. The van der Waals surface area contributed by atoms with E-state index in [9.17, 15) is 0 Å². The number of hydrogen-bond acceptors (Lipinski definition) is 5. The molecule has 0 spiro atoms. The number of oxime groups is 1. The highest BCUT2D eigenvalue weighted by Gasteiger charge is 2.06. The lowest BCUT2D eigenvalue weighted by Gasteiger charge is -2.08. The molecule has 0 bridgehead atoms. The van der Waals surface area contributed by atoms with E-state index in [-0.39, 0.29) is 11.5 Å². The molecule has 98 valence electrons. The molecule has 2 aromatic rings. The van der Waals surface area contributed by atoms with E-state index in [0.29, 0.717) is 16.7 Å². The lowest BCUT2D eigenvalue weighted by atomic mass is 10.2. The van der Waals surface area contributed by atoms with Crippen LogP contribution in [-0.2, 0) is 0 Å². The van der Waals surface area contributed by atoms with E-state index in [2.05, 4.69) is 15.1 Å². The Hall–Kier alpha value is -2.34. The summed E-state index contributed by atoms with van der Waals surface area (Å²) in [5.74, 6) is 0.774. The number of nitrogens with two attached hydrogens (primary N) is 1. The van der Waals surface area contributed by atoms with Gasteiger partial charge in [0.05, 0.1) is 12.4 Å². The minimum atomic E-state index is -0.113. The van der Waals surface area contributed by atoms with E-state index >= 15 is 0 Å². The molecule has 7 heteroatoms. The zero-order chi connectivity index (χ0) is 13.8. The molecule has 0 aliphatic rings. The van der Waals surface area contributed by atoms with Crippen molar-refractivity contribution in [1.29, 1.82) is 0 Å². The van der Waals surface area contributed by atoms with Gasteiger partial charge < -0.3 is 15.7 Å². The number of halogens is 1. The summed E-state index contributed by atoms with van der Waals surface area (Å²) < 4.78 is 5.56. The molecule has 1 aromatic heterocycles. The van der Waals surface area contributed by atoms with E-state index in [4.69, 9.17) is 27.3 Å². The van der Waals surface area contributed by atoms with Gasteiger partial charge in [-0.2, -0.15) is 0 Å². The fourth-order valence-corrected chi connectivity index (χ4v) is 1.51. The normalized spacial score (nSPS) is 11.4. The summed E-state index contributed by atoms with van der Waals surface area (Å²) in [5.41, 5.74) is 6.56. The molecule has 0 atom stereocenters. The maximum Gasteiger partial charge on any atom is 0.237 e. The standard InChI is InChI=1S/C12H11ClN4O2/c1-7-2-3-8(13)4-10(7)19-11-6-15-9(5-16-11)12(14)17-18/h2-6,18H,1H3,(H2,14,17). The Morgan fingerprint density at radius 1 is 1.37 bits per heavy atom. The molecule has 0 aliphatic heterocycles. The number of hydrogen-bond donors (Lipinski definition) is 2. The number of aryl methyl sites for hydroxylation is 1. The van der Waals surface area contributed by atoms with Crippen molar-refractivity contribution in [3.05, 3.63) is 46.9 Å². The van der Waals surface area contributed by atoms with Crippen LogP contribution >= 0.6 is 11.6 Å². The smallest absolute Gasteiger partial charge is 0.237 e. The first-order valence-electron chi connectivity index (χ1n) is 5.34. The van der Waals surface area contributed by atoms with Gasteiger partial charge in [-0.25, -0.2) is 9.97 Å². The molecule has 0 saturated carbocycles. The second kappa shape index (κ2) is 5.53. The third-order valence-corrected chi connectivity index (χ3v) is 2.60. The van der Waals surface area contributed by atoms with Gasteiger partial charge in [0.15, 0.2) is 5.84 Å². The first kappa shape index (κ1) is 13.1. The van der Waals surface area contributed by atoms with Gasteiger partial charge in [-0.1, -0.05) is 22.8 Å². The molecule has 19 heavy (non-hydrogen) atoms. The summed E-state index contributed by atoms with van der Waals surface area (Å²) in [6.45, 7) is 1.89. The fraction of sp³-hybridized carbons (Fsp3) is 0.0833. The Kier molecular flexibility index (Phi) is 3.82. The average molecular weight is 279 g/mol. The minimum Gasteiger partial charge on any atom is -0.437 e. The molecule has 3 N–H and O–H groups in total. The van der Waals surface area contributed by atoms with Crippen LogP contribution < -0.4 is 10.5 Å². The monoisotopic (exact) mass is 278 g/mol. The number of nitrogens with zero attached hydrogens (tertiary/aromatic N) is 3. The van der Waals surface area contributed by atoms with Crippen LogP contribution in [0.3, 0.4) is 0 Å². The summed E-state index contributed by atoms with van der Waals surface area (Å²) in [4.78, 5) is 7.98. The average Bonchev–Trinajstić information content (AvgIpc) is 2.43. The molecule has 1 heterocycles. The van der Waals surface area contributed by atoms with E-state index in [1.165, 1.54) is 12.4 Å². The van der Waals surface area contributed by atoms with Crippen LogP contribution in [0.2, 0.25) is 5.02 Å². The number of ether oxygens (including phenoxy) is 1. The van der Waals surface area contributed by atoms with Crippen molar-refractivity contribution in [1.82, 2.24) is 9.97 Å². The largest absolute Gasteiger partial charge is 0.437 e. The van der Waals surface area contributed by atoms with Crippen molar-refractivity contribution in [3.8, 4) is 11.6 Å². The highest BCUT2D eigenvalue weighted by molar-refractivity contribution is 6.30. The summed E-state index contributed by atoms with van der Waals surface area (Å²) in [6, 6.07) is 5.31. The van der Waals surface area contributed by atoms with Crippen LogP contribution in [0, 0.1) is 6.92 Å². The molecule has 2 rings (SSSR count). The Bertz CT molecular complexity index is 614. The lowest BCUT2D eigenvalue weighted by molar-refractivity contribution is 0.318. The van der Waals surface area contributed by atoms with Crippen LogP contribution in [0.15, 0.2) is 35.7 Å². The zero-order valence-corrected chi connectivity index (χ0v) is 10.8. The van der Waals surface area contributed by atoms with Gasteiger partial charge >= 0.3 is 0 Å². The zero-order valence-electron chi connectivity index (χ0n) is 10.0.